The van der Waals surface area contributed by atoms with Gasteiger partial charge in [-0.3, -0.25) is 5.32 Å². The Bertz CT molecular complexity index is 398. The third-order valence-electron chi connectivity index (χ3n) is 2.14. The Morgan fingerprint density at radius 2 is 2.19 bits per heavy atom. The Morgan fingerprint density at radius 1 is 1.50 bits per heavy atom. The van der Waals surface area contributed by atoms with Crippen molar-refractivity contribution in [3.8, 4) is 6.07 Å². The summed E-state index contributed by atoms with van der Waals surface area (Å²) >= 11 is 5.58. The van der Waals surface area contributed by atoms with Gasteiger partial charge in [-0.25, -0.2) is 4.39 Å². The summed E-state index contributed by atoms with van der Waals surface area (Å²) in [4.78, 5) is 0. The first-order valence-corrected chi connectivity index (χ1v) is 5.50. The average Bonchev–Trinajstić information content (AvgIpc) is 2.23. The van der Waals surface area contributed by atoms with Gasteiger partial charge in [0.15, 0.2) is 0 Å². The minimum Gasteiger partial charge on any atom is -0.298 e. The maximum atomic E-state index is 13.2. The molecule has 0 heterocycles. The van der Waals surface area contributed by atoms with Crippen molar-refractivity contribution in [2.75, 3.05) is 6.54 Å². The average molecular weight is 241 g/mol. The van der Waals surface area contributed by atoms with E-state index in [0.29, 0.717) is 18.0 Å². The molecule has 86 valence electrons. The first-order valence-electron chi connectivity index (χ1n) is 5.12. The molecule has 0 saturated heterocycles. The SMILES string of the molecule is CC(C)CNC(C#N)c1ccc(Cl)c(F)c1. The summed E-state index contributed by atoms with van der Waals surface area (Å²) in [6.45, 7) is 4.80. The van der Waals surface area contributed by atoms with Gasteiger partial charge in [-0.05, 0) is 30.2 Å². The van der Waals surface area contributed by atoms with Crippen molar-refractivity contribution in [1.29, 1.82) is 5.26 Å². The summed E-state index contributed by atoms with van der Waals surface area (Å²) in [6.07, 6.45) is 0. The van der Waals surface area contributed by atoms with E-state index < -0.39 is 11.9 Å². The lowest BCUT2D eigenvalue weighted by Crippen LogP contribution is -2.24. The van der Waals surface area contributed by atoms with Crippen LogP contribution in [0.4, 0.5) is 4.39 Å². The molecule has 1 N–H and O–H groups in total. The maximum absolute atomic E-state index is 13.2. The minimum absolute atomic E-state index is 0.0734. The van der Waals surface area contributed by atoms with E-state index >= 15 is 0 Å². The van der Waals surface area contributed by atoms with Crippen molar-refractivity contribution in [2.45, 2.75) is 19.9 Å². The van der Waals surface area contributed by atoms with Gasteiger partial charge in [-0.1, -0.05) is 31.5 Å². The van der Waals surface area contributed by atoms with E-state index in [2.05, 4.69) is 11.4 Å². The Balaban J connectivity index is 2.80. The van der Waals surface area contributed by atoms with E-state index in [-0.39, 0.29) is 5.02 Å². The molecule has 0 radical (unpaired) electrons. The van der Waals surface area contributed by atoms with Crippen LogP contribution in [0, 0.1) is 23.1 Å². The molecule has 0 amide bonds. The lowest BCUT2D eigenvalue weighted by atomic mass is 10.1. The van der Waals surface area contributed by atoms with Gasteiger partial charge < -0.3 is 0 Å². The zero-order chi connectivity index (χ0) is 12.1. The first kappa shape index (κ1) is 13.0. The highest BCUT2D eigenvalue weighted by molar-refractivity contribution is 6.30. The largest absolute Gasteiger partial charge is 0.298 e. The molecule has 0 aromatic heterocycles. The van der Waals surface area contributed by atoms with Crippen molar-refractivity contribution < 1.29 is 4.39 Å². The number of halogens is 2. The fraction of sp³-hybridized carbons (Fsp3) is 0.417. The van der Waals surface area contributed by atoms with E-state index in [9.17, 15) is 4.39 Å². The van der Waals surface area contributed by atoms with Crippen LogP contribution in [-0.2, 0) is 0 Å². The predicted octanol–water partition coefficient (Wildman–Crippen LogP) is 3.29. The minimum atomic E-state index is -0.495. The van der Waals surface area contributed by atoms with E-state index in [1.807, 2.05) is 13.8 Å². The van der Waals surface area contributed by atoms with Gasteiger partial charge in [0, 0.05) is 0 Å². The van der Waals surface area contributed by atoms with Gasteiger partial charge in [0.1, 0.15) is 11.9 Å². The summed E-state index contributed by atoms with van der Waals surface area (Å²) in [7, 11) is 0. The molecule has 1 rings (SSSR count). The van der Waals surface area contributed by atoms with Crippen molar-refractivity contribution in [3.05, 3.63) is 34.6 Å². The number of nitrogens with one attached hydrogen (secondary N) is 1. The third kappa shape index (κ3) is 3.48. The second-order valence-electron chi connectivity index (χ2n) is 4.04. The van der Waals surface area contributed by atoms with Gasteiger partial charge in [-0.15, -0.1) is 0 Å². The zero-order valence-electron chi connectivity index (χ0n) is 9.30. The Labute approximate surface area is 100 Å². The molecule has 0 bridgehead atoms. The molecule has 0 fully saturated rings. The summed E-state index contributed by atoms with van der Waals surface area (Å²) in [5.41, 5.74) is 0.602. The number of hydrogen-bond acceptors (Lipinski definition) is 2. The molecule has 2 nitrogen and oxygen atoms in total. The standard InChI is InChI=1S/C12H14ClFN2/c1-8(2)7-16-12(6-15)9-3-4-10(13)11(14)5-9/h3-5,8,12,16H,7H2,1-2H3. The fourth-order valence-electron chi connectivity index (χ4n) is 1.28. The van der Waals surface area contributed by atoms with Crippen LogP contribution in [0.5, 0.6) is 0 Å². The molecule has 1 unspecified atom stereocenters. The van der Waals surface area contributed by atoms with Gasteiger partial charge in [0.2, 0.25) is 0 Å². The molecule has 0 saturated carbocycles. The molecule has 0 aliphatic carbocycles. The van der Waals surface area contributed by atoms with Crippen LogP contribution >= 0.6 is 11.6 Å². The summed E-state index contributed by atoms with van der Waals surface area (Å²) in [6, 6.07) is 6.03. The van der Waals surface area contributed by atoms with Gasteiger partial charge in [0.05, 0.1) is 11.1 Å². The summed E-state index contributed by atoms with van der Waals surface area (Å²) in [5.74, 6) is -0.0567. The van der Waals surface area contributed by atoms with Gasteiger partial charge >= 0.3 is 0 Å². The molecule has 4 heteroatoms. The van der Waals surface area contributed by atoms with Crippen LogP contribution < -0.4 is 5.32 Å². The van der Waals surface area contributed by atoms with Crippen LogP contribution in [0.3, 0.4) is 0 Å². The summed E-state index contributed by atoms with van der Waals surface area (Å²) < 4.78 is 13.2. The molecule has 1 atom stereocenters. The van der Waals surface area contributed by atoms with Crippen LogP contribution in [0.25, 0.3) is 0 Å². The smallest absolute Gasteiger partial charge is 0.142 e. The lowest BCUT2D eigenvalue weighted by Gasteiger charge is -2.13. The second kappa shape index (κ2) is 5.83. The Hall–Kier alpha value is -1.11. The number of hydrogen-bond donors (Lipinski definition) is 1. The third-order valence-corrected chi connectivity index (χ3v) is 2.44. The van der Waals surface area contributed by atoms with Crippen molar-refractivity contribution in [2.24, 2.45) is 5.92 Å². The molecular weight excluding hydrogens is 227 g/mol. The number of benzene rings is 1. The van der Waals surface area contributed by atoms with E-state index in [0.717, 1.165) is 0 Å². The molecule has 16 heavy (non-hydrogen) atoms. The topological polar surface area (TPSA) is 35.8 Å². The number of rotatable bonds is 4. The Kier molecular flexibility index (Phi) is 4.72. The number of nitriles is 1. The van der Waals surface area contributed by atoms with Crippen LogP contribution in [0.1, 0.15) is 25.5 Å². The molecule has 0 aliphatic heterocycles. The van der Waals surface area contributed by atoms with Crippen molar-refractivity contribution in [1.82, 2.24) is 5.32 Å². The van der Waals surface area contributed by atoms with E-state index in [1.54, 1.807) is 6.07 Å². The van der Waals surface area contributed by atoms with Crippen molar-refractivity contribution in [3.63, 3.8) is 0 Å². The van der Waals surface area contributed by atoms with Crippen LogP contribution in [-0.4, -0.2) is 6.54 Å². The highest BCUT2D eigenvalue weighted by Crippen LogP contribution is 2.20. The first-order chi connectivity index (χ1) is 7.54. The van der Waals surface area contributed by atoms with Crippen molar-refractivity contribution >= 4 is 11.6 Å². The monoisotopic (exact) mass is 240 g/mol. The van der Waals surface area contributed by atoms with E-state index in [1.165, 1.54) is 12.1 Å². The van der Waals surface area contributed by atoms with E-state index in [4.69, 9.17) is 16.9 Å². The summed E-state index contributed by atoms with van der Waals surface area (Å²) in [5, 5.41) is 12.1. The highest BCUT2D eigenvalue weighted by atomic mass is 35.5. The quantitative estimate of drug-likeness (QED) is 0.877. The molecule has 0 aliphatic rings. The Morgan fingerprint density at radius 3 is 2.69 bits per heavy atom. The van der Waals surface area contributed by atoms with Crippen LogP contribution in [0.15, 0.2) is 18.2 Å². The maximum Gasteiger partial charge on any atom is 0.142 e. The molecule has 0 spiro atoms. The second-order valence-corrected chi connectivity index (χ2v) is 4.44. The lowest BCUT2D eigenvalue weighted by molar-refractivity contribution is 0.523. The van der Waals surface area contributed by atoms with Gasteiger partial charge in [-0.2, -0.15) is 5.26 Å². The normalized spacial score (nSPS) is 12.5. The highest BCUT2D eigenvalue weighted by Gasteiger charge is 2.12. The zero-order valence-corrected chi connectivity index (χ0v) is 10.1. The van der Waals surface area contributed by atoms with Crippen LogP contribution in [0.2, 0.25) is 5.02 Å². The molecule has 1 aromatic carbocycles. The fourth-order valence-corrected chi connectivity index (χ4v) is 1.40. The predicted molar refractivity (Wildman–Crippen MR) is 62.6 cm³/mol. The molecular formula is C12H14ClFN2. The van der Waals surface area contributed by atoms with Gasteiger partial charge in [0.25, 0.3) is 0 Å². The molecule has 1 aromatic rings. The number of nitrogens with zero attached hydrogens (tertiary/aromatic N) is 1.